The first-order chi connectivity index (χ1) is 26.9. The van der Waals surface area contributed by atoms with Gasteiger partial charge in [-0.2, -0.15) is 0 Å². The second kappa shape index (κ2) is 24.0. The van der Waals surface area contributed by atoms with Gasteiger partial charge >= 0.3 is 0 Å². The summed E-state index contributed by atoms with van der Waals surface area (Å²) < 4.78 is 19.9. The van der Waals surface area contributed by atoms with Gasteiger partial charge in [-0.05, 0) is 67.7 Å². The number of oxime groups is 1. The molecule has 1 aromatic rings. The van der Waals surface area contributed by atoms with Crippen molar-refractivity contribution < 1.29 is 44.3 Å². The number of carbonyl (C=O) groups is 1. The highest BCUT2D eigenvalue weighted by molar-refractivity contribution is 6.03. The van der Waals surface area contributed by atoms with Crippen molar-refractivity contribution in [2.75, 3.05) is 53.3 Å². The lowest BCUT2D eigenvalue weighted by molar-refractivity contribution is -0.258. The molecular weight excluding hydrogens is 700 g/mol. The predicted molar refractivity (Wildman–Crippen MR) is 215 cm³/mol. The Hall–Kier alpha value is -2.96. The molecule has 0 aromatic heterocycles. The van der Waals surface area contributed by atoms with Crippen molar-refractivity contribution in [3.8, 4) is 11.5 Å². The number of allylic oxidation sites excluding steroid dienone is 1. The number of rotatable bonds is 28. The first-order valence-electron chi connectivity index (χ1n) is 21.2. The summed E-state index contributed by atoms with van der Waals surface area (Å²) >= 11 is 0. The van der Waals surface area contributed by atoms with E-state index in [0.29, 0.717) is 31.4 Å². The van der Waals surface area contributed by atoms with Gasteiger partial charge in [0.15, 0.2) is 0 Å². The highest BCUT2D eigenvalue weighted by Crippen LogP contribution is 2.61. The minimum atomic E-state index is -1.35. The van der Waals surface area contributed by atoms with E-state index in [1.807, 2.05) is 4.90 Å². The fourth-order valence-electron chi connectivity index (χ4n) is 9.28. The molecule has 1 fully saturated rings. The number of hydrogen-bond donors (Lipinski definition) is 4. The molecule has 1 saturated carbocycles. The maximum Gasteiger partial charge on any atom is 0.239 e. The van der Waals surface area contributed by atoms with Crippen molar-refractivity contribution >= 4 is 11.6 Å². The summed E-state index contributed by atoms with van der Waals surface area (Å²) in [5, 5.41) is 44.5. The van der Waals surface area contributed by atoms with E-state index in [1.54, 1.807) is 24.3 Å². The van der Waals surface area contributed by atoms with Crippen LogP contribution in [0, 0.1) is 17.8 Å². The van der Waals surface area contributed by atoms with Crippen LogP contribution in [0.4, 0.5) is 0 Å². The van der Waals surface area contributed by atoms with Gasteiger partial charge in [0.1, 0.15) is 24.7 Å². The Labute approximate surface area is 329 Å². The summed E-state index contributed by atoms with van der Waals surface area (Å²) in [7, 11) is 1.54. The Morgan fingerprint density at radius 3 is 2.35 bits per heavy atom. The zero-order valence-electron chi connectivity index (χ0n) is 33.7. The van der Waals surface area contributed by atoms with E-state index in [0.717, 1.165) is 61.8 Å². The summed E-state index contributed by atoms with van der Waals surface area (Å²) in [6.07, 6.45) is 19.7. The van der Waals surface area contributed by atoms with Crippen LogP contribution in [0.25, 0.3) is 0 Å². The van der Waals surface area contributed by atoms with Crippen molar-refractivity contribution in [1.29, 1.82) is 0 Å². The summed E-state index contributed by atoms with van der Waals surface area (Å²) in [5.74, 6) is -1.05. The van der Waals surface area contributed by atoms with Crippen LogP contribution in [0.15, 0.2) is 47.7 Å². The molecule has 55 heavy (non-hydrogen) atoms. The second-order valence-electron chi connectivity index (χ2n) is 15.5. The molecule has 0 radical (unpaired) electrons. The van der Waals surface area contributed by atoms with E-state index in [-0.39, 0.29) is 75.6 Å². The lowest BCUT2D eigenvalue weighted by Gasteiger charge is -2.60. The van der Waals surface area contributed by atoms with Crippen LogP contribution in [0.5, 0.6) is 11.5 Å². The number of unbranched alkanes of at least 4 members (excludes halogenated alkanes) is 10. The fraction of sp³-hybridized carbons (Fsp3) is 0.727. The number of aliphatic hydroxyl groups excluding tert-OH is 3. The van der Waals surface area contributed by atoms with Crippen LogP contribution < -0.4 is 4.74 Å². The summed E-state index contributed by atoms with van der Waals surface area (Å²) in [5.41, 5.74) is 2.56. The molecule has 0 spiro atoms. The van der Waals surface area contributed by atoms with Gasteiger partial charge in [-0.25, -0.2) is 0 Å². The Morgan fingerprint density at radius 1 is 0.964 bits per heavy atom. The third kappa shape index (κ3) is 11.8. The zero-order chi connectivity index (χ0) is 39.5. The van der Waals surface area contributed by atoms with Gasteiger partial charge in [0, 0.05) is 44.1 Å². The van der Waals surface area contributed by atoms with Crippen molar-refractivity contribution in [2.45, 2.75) is 134 Å². The van der Waals surface area contributed by atoms with Gasteiger partial charge in [-0.1, -0.05) is 88.4 Å². The monoisotopic (exact) mass is 771 g/mol. The van der Waals surface area contributed by atoms with Crippen LogP contribution in [-0.2, 0) is 19.1 Å². The molecule has 2 aliphatic carbocycles. The molecule has 3 aliphatic rings. The number of carbonyl (C=O) groups excluding carboxylic acids is 1. The molecular formula is C44H70N2O9. The third-order valence-corrected chi connectivity index (χ3v) is 11.8. The molecule has 310 valence electrons. The number of phenolic OH excluding ortho intramolecular Hbond substituents is 1. The second-order valence-corrected chi connectivity index (χ2v) is 15.5. The summed E-state index contributed by atoms with van der Waals surface area (Å²) in [6.45, 7) is 7.17. The van der Waals surface area contributed by atoms with Crippen molar-refractivity contribution in [2.24, 2.45) is 22.9 Å². The van der Waals surface area contributed by atoms with Crippen LogP contribution in [0.2, 0.25) is 0 Å². The van der Waals surface area contributed by atoms with E-state index in [4.69, 9.17) is 19.0 Å². The van der Waals surface area contributed by atoms with Crippen molar-refractivity contribution in [3.63, 3.8) is 0 Å². The van der Waals surface area contributed by atoms with Crippen LogP contribution in [-0.4, -0.2) is 102 Å². The molecule has 6 unspecified atom stereocenters. The molecule has 4 N–H and O–H groups in total. The number of aliphatic hydroxyl groups is 3. The first kappa shape index (κ1) is 44.8. The quantitative estimate of drug-likeness (QED) is 0.0388. The molecule has 6 atom stereocenters. The number of amides is 1. The largest absolute Gasteiger partial charge is 0.508 e. The van der Waals surface area contributed by atoms with Crippen LogP contribution >= 0.6 is 0 Å². The van der Waals surface area contributed by atoms with E-state index in [9.17, 15) is 25.2 Å². The SMILES string of the molecule is C=CCOC12Oc3ccc(O)cc3C3C(CCCCO)C(CCCCO)C=C(C(=NOC)CC1N(CCOCCO)C(=O)CCCCCCCCCCC)C32. The Kier molecular flexibility index (Phi) is 19.5. The van der Waals surface area contributed by atoms with Gasteiger partial charge in [-0.3, -0.25) is 4.79 Å². The van der Waals surface area contributed by atoms with Gasteiger partial charge in [0.2, 0.25) is 11.7 Å². The van der Waals surface area contributed by atoms with E-state index in [2.05, 4.69) is 24.7 Å². The van der Waals surface area contributed by atoms with Gasteiger partial charge in [0.05, 0.1) is 38.1 Å². The highest BCUT2D eigenvalue weighted by Gasteiger charge is 2.65. The molecule has 1 heterocycles. The average molecular weight is 771 g/mol. The van der Waals surface area contributed by atoms with Crippen LogP contribution in [0.3, 0.4) is 0 Å². The van der Waals surface area contributed by atoms with E-state index in [1.165, 1.54) is 45.6 Å². The number of aromatic hydroxyl groups is 1. The maximum atomic E-state index is 14.6. The van der Waals surface area contributed by atoms with E-state index >= 15 is 0 Å². The number of phenols is 1. The average Bonchev–Trinajstić information content (AvgIpc) is 3.18. The smallest absolute Gasteiger partial charge is 0.239 e. The molecule has 1 aliphatic heterocycles. The minimum absolute atomic E-state index is 0.0137. The fourth-order valence-corrected chi connectivity index (χ4v) is 9.28. The molecule has 4 rings (SSSR count). The van der Waals surface area contributed by atoms with Crippen LogP contribution in [0.1, 0.15) is 128 Å². The maximum absolute atomic E-state index is 14.6. The molecule has 11 nitrogen and oxygen atoms in total. The lowest BCUT2D eigenvalue weighted by atomic mass is 9.55. The number of ether oxygens (including phenoxy) is 3. The molecule has 0 saturated heterocycles. The number of fused-ring (bicyclic) bond motifs is 2. The topological polar surface area (TPSA) is 151 Å². The number of hydrogen-bond acceptors (Lipinski definition) is 10. The highest BCUT2D eigenvalue weighted by atomic mass is 16.7. The first-order valence-corrected chi connectivity index (χ1v) is 21.2. The molecule has 11 heteroatoms. The van der Waals surface area contributed by atoms with E-state index < -0.39 is 17.7 Å². The Balaban J connectivity index is 1.80. The minimum Gasteiger partial charge on any atom is -0.508 e. The Morgan fingerprint density at radius 2 is 1.67 bits per heavy atom. The predicted octanol–water partition coefficient (Wildman–Crippen LogP) is 7.41. The third-order valence-electron chi connectivity index (χ3n) is 11.8. The normalized spacial score (nSPS) is 24.8. The molecule has 0 bridgehead atoms. The molecule has 1 aromatic carbocycles. The Bertz CT molecular complexity index is 1370. The van der Waals surface area contributed by atoms with Gasteiger partial charge in [-0.15, -0.1) is 6.58 Å². The molecule has 1 amide bonds. The van der Waals surface area contributed by atoms with Gasteiger partial charge < -0.3 is 44.4 Å². The number of benzene rings is 1. The summed E-state index contributed by atoms with van der Waals surface area (Å²) in [6, 6.07) is 4.61. The van der Waals surface area contributed by atoms with Gasteiger partial charge in [0.25, 0.3) is 0 Å². The number of nitrogens with zero attached hydrogens (tertiary/aromatic N) is 2. The van der Waals surface area contributed by atoms with Crippen molar-refractivity contribution in [3.05, 3.63) is 48.1 Å². The standard InChI is InChI=1S/C44H70N2O9/c1-4-6-7-8-9-10-11-12-13-20-41(51)46(23-28-53-29-26-49)40-32-38(45-52-3)36-30-33(18-14-16-24-47)35(19-15-17-25-48)42-37-31-34(50)21-22-39(37)55-44(40,43(36)42)54-27-5-2/h5,21-22,30-31,33,35,40,42-43,47-50H,2,4,6-20,23-29,32H2,1,3H3. The summed E-state index contributed by atoms with van der Waals surface area (Å²) in [4.78, 5) is 22.0. The zero-order valence-corrected chi connectivity index (χ0v) is 33.7. The lowest BCUT2D eigenvalue weighted by Crippen LogP contribution is -2.70. The van der Waals surface area contributed by atoms with Crippen molar-refractivity contribution in [1.82, 2.24) is 4.90 Å².